The van der Waals surface area contributed by atoms with Crippen LogP contribution in [-0.2, 0) is 9.59 Å². The number of aliphatic carboxylic acids is 2. The summed E-state index contributed by atoms with van der Waals surface area (Å²) in [6, 6.07) is 0. The van der Waals surface area contributed by atoms with Crippen LogP contribution in [0, 0.1) is 0 Å². The van der Waals surface area contributed by atoms with Crippen LogP contribution in [-0.4, -0.2) is 22.2 Å². The van der Waals surface area contributed by atoms with Crippen molar-refractivity contribution in [2.45, 2.75) is 32.1 Å². The lowest BCUT2D eigenvalue weighted by Crippen LogP contribution is -1.93. The van der Waals surface area contributed by atoms with Crippen molar-refractivity contribution in [1.82, 2.24) is 0 Å². The molecule has 13 heavy (non-hydrogen) atoms. The van der Waals surface area contributed by atoms with Crippen molar-refractivity contribution in [3.05, 3.63) is 12.2 Å². The van der Waals surface area contributed by atoms with E-state index in [1.165, 1.54) is 0 Å². The van der Waals surface area contributed by atoms with E-state index in [1.54, 1.807) is 6.08 Å². The Morgan fingerprint density at radius 3 is 2.31 bits per heavy atom. The fourth-order valence-electron chi connectivity index (χ4n) is 0.899. The summed E-state index contributed by atoms with van der Waals surface area (Å²) in [6.45, 7) is 0. The van der Waals surface area contributed by atoms with E-state index in [-0.39, 0.29) is 6.42 Å². The van der Waals surface area contributed by atoms with Crippen LogP contribution in [0.3, 0.4) is 0 Å². The first-order valence-electron chi connectivity index (χ1n) is 4.24. The molecule has 0 spiro atoms. The Hall–Kier alpha value is -1.32. The van der Waals surface area contributed by atoms with Crippen molar-refractivity contribution in [1.29, 1.82) is 0 Å². The molecule has 0 aromatic rings. The Morgan fingerprint density at radius 1 is 1.08 bits per heavy atom. The second-order valence-corrected chi connectivity index (χ2v) is 2.73. The van der Waals surface area contributed by atoms with Gasteiger partial charge in [-0.15, -0.1) is 0 Å². The average molecular weight is 186 g/mol. The molecule has 0 amide bonds. The summed E-state index contributed by atoms with van der Waals surface area (Å²) >= 11 is 0. The van der Waals surface area contributed by atoms with E-state index in [9.17, 15) is 9.59 Å². The largest absolute Gasteiger partial charge is 0.481 e. The van der Waals surface area contributed by atoms with Crippen LogP contribution < -0.4 is 0 Å². The summed E-state index contributed by atoms with van der Waals surface area (Å²) in [6.07, 6.45) is 5.93. The van der Waals surface area contributed by atoms with Crippen LogP contribution >= 0.6 is 0 Å². The summed E-state index contributed by atoms with van der Waals surface area (Å²) in [4.78, 5) is 20.1. The molecule has 0 radical (unpaired) electrons. The van der Waals surface area contributed by atoms with Gasteiger partial charge in [0.25, 0.3) is 0 Å². The standard InChI is InChI=1S/C9H14O4/c10-8(11)6-4-2-1-3-5-7-9(12)13/h4,6H,1-3,5,7H2,(H,10,11)(H,12,13)/b6-4+. The SMILES string of the molecule is O=C(O)/C=C/CCCCCC(=O)O. The summed E-state index contributed by atoms with van der Waals surface area (Å²) in [5, 5.41) is 16.5. The molecule has 0 aliphatic heterocycles. The molecule has 0 fully saturated rings. The van der Waals surface area contributed by atoms with Crippen molar-refractivity contribution in [2.75, 3.05) is 0 Å². The monoisotopic (exact) mass is 186 g/mol. The maximum Gasteiger partial charge on any atom is 0.327 e. The van der Waals surface area contributed by atoms with Gasteiger partial charge in [-0.2, -0.15) is 0 Å². The predicted molar refractivity (Wildman–Crippen MR) is 47.5 cm³/mol. The zero-order valence-electron chi connectivity index (χ0n) is 7.40. The number of unbranched alkanes of at least 4 members (excludes halogenated alkanes) is 3. The molecule has 0 heterocycles. The van der Waals surface area contributed by atoms with Gasteiger partial charge in [-0.05, 0) is 19.3 Å². The number of hydrogen-bond acceptors (Lipinski definition) is 2. The van der Waals surface area contributed by atoms with E-state index in [0.717, 1.165) is 18.9 Å². The minimum Gasteiger partial charge on any atom is -0.481 e. The number of allylic oxidation sites excluding steroid dienone is 1. The number of carbonyl (C=O) groups is 2. The van der Waals surface area contributed by atoms with Crippen molar-refractivity contribution in [3.63, 3.8) is 0 Å². The maximum absolute atomic E-state index is 10.1. The number of carboxylic acid groups (broad SMARTS) is 2. The minimum absolute atomic E-state index is 0.197. The van der Waals surface area contributed by atoms with E-state index in [0.29, 0.717) is 12.8 Å². The van der Waals surface area contributed by atoms with E-state index in [4.69, 9.17) is 10.2 Å². The fraction of sp³-hybridized carbons (Fsp3) is 0.556. The highest BCUT2D eigenvalue weighted by atomic mass is 16.4. The van der Waals surface area contributed by atoms with Crippen LogP contribution in [0.1, 0.15) is 32.1 Å². The first-order valence-corrected chi connectivity index (χ1v) is 4.24. The lowest BCUT2D eigenvalue weighted by molar-refractivity contribution is -0.137. The number of hydrogen-bond donors (Lipinski definition) is 2. The Bertz CT molecular complexity index is 196. The molecule has 0 saturated carbocycles. The van der Waals surface area contributed by atoms with Crippen molar-refractivity contribution < 1.29 is 19.8 Å². The van der Waals surface area contributed by atoms with Gasteiger partial charge in [-0.3, -0.25) is 4.79 Å². The highest BCUT2D eigenvalue weighted by molar-refractivity contribution is 5.79. The van der Waals surface area contributed by atoms with E-state index in [2.05, 4.69) is 0 Å². The first kappa shape index (κ1) is 11.7. The van der Waals surface area contributed by atoms with Gasteiger partial charge < -0.3 is 10.2 Å². The topological polar surface area (TPSA) is 74.6 Å². The quantitative estimate of drug-likeness (QED) is 0.468. The Balaban J connectivity index is 3.17. The molecule has 2 N–H and O–H groups in total. The third kappa shape index (κ3) is 10.7. The number of rotatable bonds is 7. The van der Waals surface area contributed by atoms with Gasteiger partial charge in [0.15, 0.2) is 0 Å². The molecular formula is C9H14O4. The molecule has 0 atom stereocenters. The van der Waals surface area contributed by atoms with Gasteiger partial charge in [0.1, 0.15) is 0 Å². The highest BCUT2D eigenvalue weighted by Gasteiger charge is 1.95. The minimum atomic E-state index is -0.939. The smallest absolute Gasteiger partial charge is 0.327 e. The van der Waals surface area contributed by atoms with Crippen LogP contribution in [0.5, 0.6) is 0 Å². The molecule has 4 heteroatoms. The van der Waals surface area contributed by atoms with Crippen LogP contribution in [0.4, 0.5) is 0 Å². The van der Waals surface area contributed by atoms with Gasteiger partial charge in [-0.1, -0.05) is 12.5 Å². The van der Waals surface area contributed by atoms with Crippen molar-refractivity contribution in [3.8, 4) is 0 Å². The highest BCUT2D eigenvalue weighted by Crippen LogP contribution is 2.03. The molecule has 0 unspecified atom stereocenters. The molecule has 0 aliphatic carbocycles. The molecular weight excluding hydrogens is 172 g/mol. The van der Waals surface area contributed by atoms with E-state index < -0.39 is 11.9 Å². The van der Waals surface area contributed by atoms with Gasteiger partial charge in [-0.25, -0.2) is 4.79 Å². The Labute approximate surface area is 76.9 Å². The maximum atomic E-state index is 10.1. The molecule has 74 valence electrons. The first-order chi connectivity index (χ1) is 6.13. The van der Waals surface area contributed by atoms with Crippen LogP contribution in [0.25, 0.3) is 0 Å². The van der Waals surface area contributed by atoms with Crippen molar-refractivity contribution >= 4 is 11.9 Å². The number of carboxylic acids is 2. The summed E-state index contributed by atoms with van der Waals surface area (Å²) in [5.74, 6) is -1.72. The third-order valence-corrected chi connectivity index (χ3v) is 1.52. The molecule has 0 aromatic carbocycles. The molecule has 0 saturated heterocycles. The zero-order chi connectivity index (χ0) is 10.1. The molecule has 0 rings (SSSR count). The van der Waals surface area contributed by atoms with Gasteiger partial charge in [0.2, 0.25) is 0 Å². The second kappa shape index (κ2) is 7.34. The van der Waals surface area contributed by atoms with Crippen LogP contribution in [0.2, 0.25) is 0 Å². The summed E-state index contributed by atoms with van der Waals surface area (Å²) in [5.41, 5.74) is 0. The zero-order valence-corrected chi connectivity index (χ0v) is 7.40. The molecule has 0 bridgehead atoms. The normalized spacial score (nSPS) is 10.5. The lowest BCUT2D eigenvalue weighted by atomic mass is 10.1. The van der Waals surface area contributed by atoms with Crippen LogP contribution in [0.15, 0.2) is 12.2 Å². The molecule has 0 aliphatic rings. The van der Waals surface area contributed by atoms with Gasteiger partial charge in [0, 0.05) is 12.5 Å². The fourth-order valence-corrected chi connectivity index (χ4v) is 0.899. The predicted octanol–water partition coefficient (Wildman–Crippen LogP) is 1.66. The van der Waals surface area contributed by atoms with E-state index >= 15 is 0 Å². The Morgan fingerprint density at radius 2 is 1.77 bits per heavy atom. The molecule has 4 nitrogen and oxygen atoms in total. The third-order valence-electron chi connectivity index (χ3n) is 1.52. The second-order valence-electron chi connectivity index (χ2n) is 2.73. The average Bonchev–Trinajstić information content (AvgIpc) is 2.01. The van der Waals surface area contributed by atoms with Gasteiger partial charge >= 0.3 is 11.9 Å². The van der Waals surface area contributed by atoms with Crippen molar-refractivity contribution in [2.24, 2.45) is 0 Å². The summed E-state index contributed by atoms with van der Waals surface area (Å²) < 4.78 is 0. The van der Waals surface area contributed by atoms with E-state index in [1.807, 2.05) is 0 Å². The lowest BCUT2D eigenvalue weighted by Gasteiger charge is -1.94. The molecule has 0 aromatic heterocycles. The summed E-state index contributed by atoms with van der Waals surface area (Å²) in [7, 11) is 0. The Kier molecular flexibility index (Phi) is 6.59. The van der Waals surface area contributed by atoms with Gasteiger partial charge in [0.05, 0.1) is 0 Å².